The van der Waals surface area contributed by atoms with Gasteiger partial charge in [-0.2, -0.15) is 5.10 Å². The Morgan fingerprint density at radius 1 is 1.24 bits per heavy atom. The molecule has 0 bridgehead atoms. The van der Waals surface area contributed by atoms with E-state index in [4.69, 9.17) is 0 Å². The first-order valence-electron chi connectivity index (χ1n) is 5.97. The van der Waals surface area contributed by atoms with Crippen LogP contribution in [0.2, 0.25) is 0 Å². The van der Waals surface area contributed by atoms with Crippen molar-refractivity contribution in [3.8, 4) is 11.4 Å². The van der Waals surface area contributed by atoms with Crippen molar-refractivity contribution in [2.75, 3.05) is 13.1 Å². The normalized spacial score (nSPS) is 20.4. The zero-order valence-corrected chi connectivity index (χ0v) is 9.56. The largest absolute Gasteiger partial charge is 0.316 e. The van der Waals surface area contributed by atoms with Gasteiger partial charge in [0.05, 0.1) is 0 Å². The Labute approximate surface area is 99.7 Å². The summed E-state index contributed by atoms with van der Waals surface area (Å²) >= 11 is 0. The second kappa shape index (κ2) is 4.63. The van der Waals surface area contributed by atoms with Gasteiger partial charge in [-0.1, -0.05) is 0 Å². The van der Waals surface area contributed by atoms with Gasteiger partial charge in [0.25, 0.3) is 0 Å². The van der Waals surface area contributed by atoms with Gasteiger partial charge in [0.1, 0.15) is 5.82 Å². The fourth-order valence-electron chi connectivity index (χ4n) is 2.17. The minimum absolute atomic E-state index is 0.465. The molecule has 2 aromatic heterocycles. The molecule has 0 radical (unpaired) electrons. The monoisotopic (exact) mass is 229 g/mol. The van der Waals surface area contributed by atoms with E-state index in [1.54, 1.807) is 12.4 Å². The predicted molar refractivity (Wildman–Crippen MR) is 64.5 cm³/mol. The first kappa shape index (κ1) is 10.4. The van der Waals surface area contributed by atoms with Crippen molar-refractivity contribution in [2.24, 2.45) is 0 Å². The quantitative estimate of drug-likeness (QED) is 0.815. The van der Waals surface area contributed by atoms with Gasteiger partial charge in [0.15, 0.2) is 5.82 Å². The summed E-state index contributed by atoms with van der Waals surface area (Å²) in [6.07, 6.45) is 5.90. The number of aromatic nitrogens is 4. The predicted octanol–water partition coefficient (Wildman–Crippen LogP) is 1.33. The molecule has 1 aliphatic rings. The molecule has 0 saturated carbocycles. The second-order valence-electron chi connectivity index (χ2n) is 4.32. The summed E-state index contributed by atoms with van der Waals surface area (Å²) in [5.41, 5.74) is 1.01. The molecule has 5 heteroatoms. The van der Waals surface area contributed by atoms with E-state index >= 15 is 0 Å². The van der Waals surface area contributed by atoms with Gasteiger partial charge in [-0.3, -0.25) is 10.1 Å². The van der Waals surface area contributed by atoms with Crippen LogP contribution in [-0.2, 0) is 0 Å². The minimum Gasteiger partial charge on any atom is -0.316 e. The summed E-state index contributed by atoms with van der Waals surface area (Å²) in [6, 6.07) is 3.85. The van der Waals surface area contributed by atoms with E-state index in [2.05, 4.69) is 25.5 Å². The molecule has 17 heavy (non-hydrogen) atoms. The van der Waals surface area contributed by atoms with Gasteiger partial charge in [-0.25, -0.2) is 4.98 Å². The molecule has 0 aromatic carbocycles. The molecule has 5 nitrogen and oxygen atoms in total. The number of pyridine rings is 1. The molecule has 0 amide bonds. The lowest BCUT2D eigenvalue weighted by molar-refractivity contribution is 0.447. The van der Waals surface area contributed by atoms with E-state index in [0.29, 0.717) is 5.92 Å². The van der Waals surface area contributed by atoms with Gasteiger partial charge >= 0.3 is 0 Å². The molecule has 2 aromatic rings. The summed E-state index contributed by atoms with van der Waals surface area (Å²) < 4.78 is 0. The van der Waals surface area contributed by atoms with Crippen molar-refractivity contribution in [2.45, 2.75) is 18.8 Å². The van der Waals surface area contributed by atoms with Crippen LogP contribution in [0.4, 0.5) is 0 Å². The maximum Gasteiger partial charge on any atom is 0.181 e. The third-order valence-electron chi connectivity index (χ3n) is 3.12. The molecule has 1 aliphatic heterocycles. The molecule has 3 rings (SSSR count). The Morgan fingerprint density at radius 3 is 2.88 bits per heavy atom. The molecule has 1 saturated heterocycles. The van der Waals surface area contributed by atoms with Crippen LogP contribution >= 0.6 is 0 Å². The van der Waals surface area contributed by atoms with E-state index in [-0.39, 0.29) is 0 Å². The van der Waals surface area contributed by atoms with Crippen LogP contribution in [-0.4, -0.2) is 33.3 Å². The van der Waals surface area contributed by atoms with Gasteiger partial charge < -0.3 is 5.32 Å². The van der Waals surface area contributed by atoms with Crippen molar-refractivity contribution in [3.63, 3.8) is 0 Å². The van der Waals surface area contributed by atoms with E-state index in [1.165, 1.54) is 12.8 Å². The molecule has 3 heterocycles. The first-order valence-corrected chi connectivity index (χ1v) is 5.97. The maximum atomic E-state index is 4.57. The number of aromatic amines is 1. The number of nitrogens with one attached hydrogen (secondary N) is 2. The molecule has 0 aliphatic carbocycles. The molecule has 88 valence electrons. The minimum atomic E-state index is 0.465. The van der Waals surface area contributed by atoms with Crippen LogP contribution in [0, 0.1) is 0 Å². The number of piperidine rings is 1. The third-order valence-corrected chi connectivity index (χ3v) is 3.12. The SMILES string of the molecule is c1cc(-c2n[nH]c([C@@H]3CCCNC3)n2)ccn1. The Hall–Kier alpha value is -1.75. The number of hydrogen-bond acceptors (Lipinski definition) is 4. The Bertz CT molecular complexity index is 473. The average Bonchev–Trinajstić information content (AvgIpc) is 2.90. The molecule has 2 N–H and O–H groups in total. The molecule has 0 unspecified atom stereocenters. The highest BCUT2D eigenvalue weighted by atomic mass is 15.2. The zero-order valence-electron chi connectivity index (χ0n) is 9.56. The average molecular weight is 229 g/mol. The molecular weight excluding hydrogens is 214 g/mol. The lowest BCUT2D eigenvalue weighted by atomic mass is 9.99. The summed E-state index contributed by atoms with van der Waals surface area (Å²) in [4.78, 5) is 8.56. The number of nitrogens with zero attached hydrogens (tertiary/aromatic N) is 3. The highest BCUT2D eigenvalue weighted by Gasteiger charge is 2.19. The standard InChI is InChI=1S/C12H15N5/c1-2-10(8-14-5-1)12-15-11(16-17-12)9-3-6-13-7-4-9/h3-4,6-7,10,14H,1-2,5,8H2,(H,15,16,17)/t10-/m1/s1. The van der Waals surface area contributed by atoms with Crippen molar-refractivity contribution in [3.05, 3.63) is 30.4 Å². The molecular formula is C12H15N5. The van der Waals surface area contributed by atoms with Gasteiger partial charge in [-0.15, -0.1) is 0 Å². The van der Waals surface area contributed by atoms with Crippen molar-refractivity contribution in [1.29, 1.82) is 0 Å². The van der Waals surface area contributed by atoms with Gasteiger partial charge in [0, 0.05) is 30.4 Å². The fourth-order valence-corrected chi connectivity index (χ4v) is 2.17. The van der Waals surface area contributed by atoms with E-state index in [0.717, 1.165) is 30.3 Å². The number of hydrogen-bond donors (Lipinski definition) is 2. The first-order chi connectivity index (χ1) is 8.43. The summed E-state index contributed by atoms with van der Waals surface area (Å²) in [5, 5.41) is 10.7. The Morgan fingerprint density at radius 2 is 2.12 bits per heavy atom. The molecule has 0 spiro atoms. The smallest absolute Gasteiger partial charge is 0.181 e. The topological polar surface area (TPSA) is 66.5 Å². The van der Waals surface area contributed by atoms with E-state index in [9.17, 15) is 0 Å². The summed E-state index contributed by atoms with van der Waals surface area (Å²) in [7, 11) is 0. The zero-order chi connectivity index (χ0) is 11.5. The second-order valence-corrected chi connectivity index (χ2v) is 4.32. The van der Waals surface area contributed by atoms with Crippen molar-refractivity contribution < 1.29 is 0 Å². The lowest BCUT2D eigenvalue weighted by Crippen LogP contribution is -2.28. The summed E-state index contributed by atoms with van der Waals surface area (Å²) in [6.45, 7) is 2.10. The van der Waals surface area contributed by atoms with Crippen LogP contribution in [0.25, 0.3) is 11.4 Å². The fraction of sp³-hybridized carbons (Fsp3) is 0.417. The van der Waals surface area contributed by atoms with Crippen LogP contribution in [0.15, 0.2) is 24.5 Å². The maximum absolute atomic E-state index is 4.57. The summed E-state index contributed by atoms with van der Waals surface area (Å²) in [5.74, 6) is 2.21. The Balaban J connectivity index is 1.83. The van der Waals surface area contributed by atoms with Crippen LogP contribution in [0.1, 0.15) is 24.6 Å². The Kier molecular flexibility index (Phi) is 2.83. The van der Waals surface area contributed by atoms with E-state index < -0.39 is 0 Å². The van der Waals surface area contributed by atoms with Crippen molar-refractivity contribution >= 4 is 0 Å². The number of H-pyrrole nitrogens is 1. The van der Waals surface area contributed by atoms with Gasteiger partial charge in [0.2, 0.25) is 0 Å². The van der Waals surface area contributed by atoms with Crippen LogP contribution in [0.5, 0.6) is 0 Å². The van der Waals surface area contributed by atoms with Crippen LogP contribution < -0.4 is 5.32 Å². The molecule has 1 atom stereocenters. The molecule has 1 fully saturated rings. The third kappa shape index (κ3) is 2.19. The van der Waals surface area contributed by atoms with Crippen molar-refractivity contribution in [1.82, 2.24) is 25.5 Å². The number of rotatable bonds is 2. The highest BCUT2D eigenvalue weighted by molar-refractivity contribution is 5.53. The van der Waals surface area contributed by atoms with E-state index in [1.807, 2.05) is 12.1 Å². The van der Waals surface area contributed by atoms with Gasteiger partial charge in [-0.05, 0) is 31.5 Å². The lowest BCUT2D eigenvalue weighted by Gasteiger charge is -2.20. The van der Waals surface area contributed by atoms with Crippen LogP contribution in [0.3, 0.4) is 0 Å². The highest BCUT2D eigenvalue weighted by Crippen LogP contribution is 2.22.